The van der Waals surface area contributed by atoms with Crippen molar-refractivity contribution in [2.75, 3.05) is 0 Å². The lowest BCUT2D eigenvalue weighted by molar-refractivity contribution is -0.160. The van der Waals surface area contributed by atoms with Crippen molar-refractivity contribution in [1.82, 2.24) is 0 Å². The molecule has 0 saturated heterocycles. The molecule has 0 aliphatic heterocycles. The first-order chi connectivity index (χ1) is 8.12. The lowest BCUT2D eigenvalue weighted by Gasteiger charge is -2.28. The van der Waals surface area contributed by atoms with E-state index in [4.69, 9.17) is 10.5 Å². The summed E-state index contributed by atoms with van der Waals surface area (Å²) >= 11 is 3.45. The predicted octanol–water partition coefficient (Wildman–Crippen LogP) is 3.05. The summed E-state index contributed by atoms with van der Waals surface area (Å²) in [6, 6.07) is 7.72. The van der Waals surface area contributed by atoms with Crippen LogP contribution in [0.3, 0.4) is 0 Å². The number of nitrogens with two attached hydrogens (primary N) is 1. The van der Waals surface area contributed by atoms with Crippen LogP contribution >= 0.6 is 15.9 Å². The zero-order chi connectivity index (χ0) is 14.0. The lowest BCUT2D eigenvalue weighted by Crippen LogP contribution is -2.50. The van der Waals surface area contributed by atoms with Gasteiger partial charge in [-0.05, 0) is 39.3 Å². The second-order valence-corrected chi connectivity index (χ2v) is 6.54. The third-order valence-electron chi connectivity index (χ3n) is 2.38. The van der Waals surface area contributed by atoms with E-state index in [0.717, 1.165) is 10.0 Å². The first-order valence-electron chi connectivity index (χ1n) is 5.87. The molecule has 0 aliphatic rings. The van der Waals surface area contributed by atoms with Gasteiger partial charge in [0, 0.05) is 10.9 Å². The number of rotatable bonds is 3. The Morgan fingerprint density at radius 2 is 1.83 bits per heavy atom. The van der Waals surface area contributed by atoms with Crippen LogP contribution in [0.4, 0.5) is 0 Å². The van der Waals surface area contributed by atoms with Gasteiger partial charge in [-0.3, -0.25) is 4.79 Å². The Labute approximate surface area is 117 Å². The van der Waals surface area contributed by atoms with Crippen LogP contribution < -0.4 is 5.73 Å². The molecule has 1 aromatic carbocycles. The van der Waals surface area contributed by atoms with Gasteiger partial charge in [0.2, 0.25) is 0 Å². The molecule has 0 aromatic heterocycles. The highest BCUT2D eigenvalue weighted by Gasteiger charge is 2.33. The van der Waals surface area contributed by atoms with E-state index in [1.165, 1.54) is 0 Å². The number of hydrogen-bond donors (Lipinski definition) is 1. The van der Waals surface area contributed by atoms with Crippen LogP contribution in [0.2, 0.25) is 0 Å². The van der Waals surface area contributed by atoms with Gasteiger partial charge in [-0.1, -0.05) is 34.1 Å². The maximum Gasteiger partial charge on any atom is 0.326 e. The summed E-state index contributed by atoms with van der Waals surface area (Å²) in [4.78, 5) is 12.0. The highest BCUT2D eigenvalue weighted by Crippen LogP contribution is 2.22. The Bertz CT molecular complexity index is 436. The molecule has 0 aliphatic carbocycles. The number of carbonyl (C=O) groups excluding carboxylic acids is 1. The molecule has 100 valence electrons. The molecule has 1 rings (SSSR count). The van der Waals surface area contributed by atoms with E-state index in [9.17, 15) is 4.79 Å². The average Bonchev–Trinajstić information content (AvgIpc) is 2.18. The molecule has 4 heteroatoms. The number of benzene rings is 1. The first kappa shape index (κ1) is 15.2. The SMILES string of the molecule is CC(C)(C)OC(=O)C(C)(N)Cc1ccccc1Br. The number of ether oxygens (including phenoxy) is 1. The zero-order valence-electron chi connectivity index (χ0n) is 11.3. The molecule has 0 radical (unpaired) electrons. The van der Waals surface area contributed by atoms with E-state index in [0.29, 0.717) is 6.42 Å². The molecular weight excluding hydrogens is 294 g/mol. The predicted molar refractivity (Wildman–Crippen MR) is 76.3 cm³/mol. The Morgan fingerprint density at radius 3 is 2.33 bits per heavy atom. The normalized spacial score (nSPS) is 15.0. The Kier molecular flexibility index (Phi) is 4.56. The summed E-state index contributed by atoms with van der Waals surface area (Å²) in [7, 11) is 0. The van der Waals surface area contributed by atoms with Gasteiger partial charge in [0.15, 0.2) is 0 Å². The van der Waals surface area contributed by atoms with Gasteiger partial charge in [-0.2, -0.15) is 0 Å². The van der Waals surface area contributed by atoms with Crippen LogP contribution in [0.5, 0.6) is 0 Å². The summed E-state index contributed by atoms with van der Waals surface area (Å²) in [6.45, 7) is 7.19. The van der Waals surface area contributed by atoms with Crippen molar-refractivity contribution in [3.05, 3.63) is 34.3 Å². The number of halogens is 1. The molecule has 0 saturated carbocycles. The highest BCUT2D eigenvalue weighted by atomic mass is 79.9. The second-order valence-electron chi connectivity index (χ2n) is 5.69. The second kappa shape index (κ2) is 5.41. The van der Waals surface area contributed by atoms with Crippen LogP contribution in [0.15, 0.2) is 28.7 Å². The summed E-state index contributed by atoms with van der Waals surface area (Å²) in [6.07, 6.45) is 0.434. The average molecular weight is 314 g/mol. The third-order valence-corrected chi connectivity index (χ3v) is 3.15. The molecule has 0 spiro atoms. The number of carbonyl (C=O) groups is 1. The van der Waals surface area contributed by atoms with Crippen LogP contribution in [-0.2, 0) is 16.0 Å². The molecule has 2 N–H and O–H groups in total. The minimum atomic E-state index is -1.03. The molecule has 0 fully saturated rings. The van der Waals surface area contributed by atoms with Crippen molar-refractivity contribution in [3.63, 3.8) is 0 Å². The molecule has 1 aromatic rings. The molecule has 0 bridgehead atoms. The van der Waals surface area contributed by atoms with Gasteiger partial charge in [-0.25, -0.2) is 0 Å². The smallest absolute Gasteiger partial charge is 0.326 e. The van der Waals surface area contributed by atoms with Gasteiger partial charge >= 0.3 is 5.97 Å². The molecule has 3 nitrogen and oxygen atoms in total. The fourth-order valence-electron chi connectivity index (χ4n) is 1.50. The van der Waals surface area contributed by atoms with Crippen molar-refractivity contribution in [3.8, 4) is 0 Å². The summed E-state index contributed by atoms with van der Waals surface area (Å²) in [5.41, 5.74) is 5.51. The van der Waals surface area contributed by atoms with Crippen LogP contribution in [0.1, 0.15) is 33.3 Å². The molecule has 0 heterocycles. The lowest BCUT2D eigenvalue weighted by atomic mass is 9.94. The maximum atomic E-state index is 12.0. The number of hydrogen-bond acceptors (Lipinski definition) is 3. The van der Waals surface area contributed by atoms with E-state index in [2.05, 4.69) is 15.9 Å². The molecule has 18 heavy (non-hydrogen) atoms. The van der Waals surface area contributed by atoms with Crippen molar-refractivity contribution in [1.29, 1.82) is 0 Å². The van der Waals surface area contributed by atoms with Crippen molar-refractivity contribution < 1.29 is 9.53 Å². The van der Waals surface area contributed by atoms with Crippen LogP contribution in [-0.4, -0.2) is 17.1 Å². The Balaban J connectivity index is 2.82. The van der Waals surface area contributed by atoms with Gasteiger partial charge < -0.3 is 10.5 Å². The molecular formula is C14H20BrNO2. The topological polar surface area (TPSA) is 52.3 Å². The van der Waals surface area contributed by atoms with Gasteiger partial charge in [0.05, 0.1) is 0 Å². The van der Waals surface area contributed by atoms with E-state index in [1.807, 2.05) is 45.0 Å². The molecule has 1 atom stereocenters. The van der Waals surface area contributed by atoms with E-state index >= 15 is 0 Å². The largest absolute Gasteiger partial charge is 0.459 e. The van der Waals surface area contributed by atoms with Crippen molar-refractivity contribution in [2.45, 2.75) is 45.3 Å². The van der Waals surface area contributed by atoms with E-state index in [-0.39, 0.29) is 5.97 Å². The quantitative estimate of drug-likeness (QED) is 0.873. The Hall–Kier alpha value is -0.870. The van der Waals surface area contributed by atoms with E-state index < -0.39 is 11.1 Å². The maximum absolute atomic E-state index is 12.0. The highest BCUT2D eigenvalue weighted by molar-refractivity contribution is 9.10. The monoisotopic (exact) mass is 313 g/mol. The molecule has 0 amide bonds. The summed E-state index contributed by atoms with van der Waals surface area (Å²) < 4.78 is 6.28. The minimum absolute atomic E-state index is 0.384. The minimum Gasteiger partial charge on any atom is -0.459 e. The number of esters is 1. The van der Waals surface area contributed by atoms with Crippen LogP contribution in [0, 0.1) is 0 Å². The fraction of sp³-hybridized carbons (Fsp3) is 0.500. The third kappa shape index (κ3) is 4.42. The van der Waals surface area contributed by atoms with Gasteiger partial charge in [0.25, 0.3) is 0 Å². The summed E-state index contributed by atoms with van der Waals surface area (Å²) in [5.74, 6) is -0.384. The standard InChI is InChI=1S/C14H20BrNO2/c1-13(2,3)18-12(17)14(4,16)9-10-7-5-6-8-11(10)15/h5-8H,9,16H2,1-4H3. The summed E-state index contributed by atoms with van der Waals surface area (Å²) in [5, 5.41) is 0. The van der Waals surface area contributed by atoms with E-state index in [1.54, 1.807) is 6.92 Å². The van der Waals surface area contributed by atoms with Gasteiger partial charge in [0.1, 0.15) is 11.1 Å². The molecule has 1 unspecified atom stereocenters. The first-order valence-corrected chi connectivity index (χ1v) is 6.67. The van der Waals surface area contributed by atoms with Crippen molar-refractivity contribution in [2.24, 2.45) is 5.73 Å². The van der Waals surface area contributed by atoms with Crippen LogP contribution in [0.25, 0.3) is 0 Å². The Morgan fingerprint density at radius 1 is 1.28 bits per heavy atom. The van der Waals surface area contributed by atoms with Gasteiger partial charge in [-0.15, -0.1) is 0 Å². The van der Waals surface area contributed by atoms with Crippen molar-refractivity contribution >= 4 is 21.9 Å². The zero-order valence-corrected chi connectivity index (χ0v) is 12.9. The fourth-order valence-corrected chi connectivity index (χ4v) is 1.93.